The molecular weight excluding hydrogens is 226 g/mol. The molecule has 0 radical (unpaired) electrons. The predicted octanol–water partition coefficient (Wildman–Crippen LogP) is 3.64. The Hall–Kier alpha value is -1.51. The minimum absolute atomic E-state index is 0.0590. The molecule has 2 saturated carbocycles. The molecule has 2 fully saturated rings. The van der Waals surface area contributed by atoms with Crippen molar-refractivity contribution in [3.05, 3.63) is 40.8 Å². The maximum absolute atomic E-state index is 12.7. The van der Waals surface area contributed by atoms with Gasteiger partial charge < -0.3 is 0 Å². The predicted molar refractivity (Wildman–Crippen MR) is 69.0 cm³/mol. The Morgan fingerprint density at radius 2 is 1.89 bits per heavy atom. The molecule has 0 N–H and O–H groups in total. The van der Waals surface area contributed by atoms with Crippen molar-refractivity contribution < 1.29 is 4.79 Å². The maximum atomic E-state index is 12.7. The zero-order chi connectivity index (χ0) is 12.6. The molecule has 0 aliphatic heterocycles. The van der Waals surface area contributed by atoms with E-state index >= 15 is 0 Å². The normalized spacial score (nSPS) is 31.2. The van der Waals surface area contributed by atoms with Gasteiger partial charge in [-0.05, 0) is 43.6 Å². The molecule has 2 aliphatic rings. The zero-order valence-corrected chi connectivity index (χ0v) is 10.3. The van der Waals surface area contributed by atoms with Gasteiger partial charge in [0.05, 0.1) is 0 Å². The Bertz CT molecular complexity index is 461. The molecule has 1 atom stereocenters. The Morgan fingerprint density at radius 1 is 1.22 bits per heavy atom. The van der Waals surface area contributed by atoms with Crippen molar-refractivity contribution in [1.82, 2.24) is 0 Å². The van der Waals surface area contributed by atoms with E-state index in [0.29, 0.717) is 5.92 Å². The van der Waals surface area contributed by atoms with E-state index in [9.17, 15) is 9.70 Å². The summed E-state index contributed by atoms with van der Waals surface area (Å²) in [4.78, 5) is 23.8. The highest BCUT2D eigenvalue weighted by Crippen LogP contribution is 2.56. The van der Waals surface area contributed by atoms with E-state index in [4.69, 9.17) is 0 Å². The van der Waals surface area contributed by atoms with Gasteiger partial charge in [0.2, 0.25) is 0 Å². The topological polar surface area (TPSA) is 46.5 Å². The highest BCUT2D eigenvalue weighted by atomic mass is 16.3. The number of carbonyl (C=O) groups is 1. The van der Waals surface area contributed by atoms with Crippen LogP contribution in [0.4, 0.5) is 0 Å². The molecule has 0 heterocycles. The standard InChI is InChI=1S/C15H17NO2/c17-14(15-8-6-11(10-15)7-9-15)13(16-18)12-4-2-1-3-5-12/h1-5,11,13H,6-10H2. The number of fused-ring (bicyclic) bond motifs is 2. The van der Waals surface area contributed by atoms with Crippen molar-refractivity contribution in [2.45, 2.75) is 38.1 Å². The van der Waals surface area contributed by atoms with Gasteiger partial charge in [-0.3, -0.25) is 4.79 Å². The molecule has 0 spiro atoms. The molecule has 0 aromatic heterocycles. The molecule has 1 aromatic carbocycles. The average molecular weight is 243 g/mol. The average Bonchev–Trinajstić information content (AvgIpc) is 3.02. The van der Waals surface area contributed by atoms with Crippen LogP contribution in [0, 0.1) is 16.2 Å². The first-order valence-electron chi connectivity index (χ1n) is 6.67. The SMILES string of the molecule is O=NC(C(=O)C12CCC(CC1)C2)c1ccccc1. The lowest BCUT2D eigenvalue weighted by atomic mass is 9.76. The second-order valence-electron chi connectivity index (χ2n) is 5.71. The molecule has 2 aliphatic carbocycles. The van der Waals surface area contributed by atoms with Crippen LogP contribution in [0.2, 0.25) is 0 Å². The Labute approximate surface area is 107 Å². The molecule has 3 rings (SSSR count). The van der Waals surface area contributed by atoms with Gasteiger partial charge in [-0.15, -0.1) is 4.91 Å². The molecule has 1 unspecified atom stereocenters. The lowest BCUT2D eigenvalue weighted by Gasteiger charge is -2.26. The minimum atomic E-state index is -0.803. The van der Waals surface area contributed by atoms with E-state index in [1.807, 2.05) is 30.3 Å². The molecule has 0 amide bonds. The molecule has 3 heteroatoms. The number of rotatable bonds is 4. The van der Waals surface area contributed by atoms with E-state index in [1.165, 1.54) is 0 Å². The van der Waals surface area contributed by atoms with Gasteiger partial charge in [0.1, 0.15) is 0 Å². The highest BCUT2D eigenvalue weighted by molar-refractivity contribution is 5.91. The third-order valence-electron chi connectivity index (χ3n) is 4.73. The van der Waals surface area contributed by atoms with Crippen LogP contribution in [-0.2, 0) is 4.79 Å². The van der Waals surface area contributed by atoms with Gasteiger partial charge >= 0.3 is 0 Å². The second-order valence-corrected chi connectivity index (χ2v) is 5.71. The summed E-state index contributed by atoms with van der Waals surface area (Å²) in [5, 5.41) is 3.11. The summed E-state index contributed by atoms with van der Waals surface area (Å²) < 4.78 is 0. The van der Waals surface area contributed by atoms with E-state index in [0.717, 1.165) is 37.7 Å². The van der Waals surface area contributed by atoms with Crippen molar-refractivity contribution in [2.75, 3.05) is 0 Å². The largest absolute Gasteiger partial charge is 0.296 e. The van der Waals surface area contributed by atoms with E-state index in [-0.39, 0.29) is 11.2 Å². The van der Waals surface area contributed by atoms with Crippen LogP contribution >= 0.6 is 0 Å². The smallest absolute Gasteiger partial charge is 0.175 e. The van der Waals surface area contributed by atoms with Crippen molar-refractivity contribution in [2.24, 2.45) is 16.5 Å². The Morgan fingerprint density at radius 3 is 2.39 bits per heavy atom. The lowest BCUT2D eigenvalue weighted by molar-refractivity contribution is -0.129. The quantitative estimate of drug-likeness (QED) is 0.758. The third kappa shape index (κ3) is 1.69. The van der Waals surface area contributed by atoms with Crippen molar-refractivity contribution in [3.63, 3.8) is 0 Å². The first-order valence-corrected chi connectivity index (χ1v) is 6.67. The summed E-state index contributed by atoms with van der Waals surface area (Å²) in [6, 6.07) is 8.43. The number of hydrogen-bond acceptors (Lipinski definition) is 3. The van der Waals surface area contributed by atoms with E-state index < -0.39 is 6.04 Å². The fourth-order valence-electron chi connectivity index (χ4n) is 3.72. The van der Waals surface area contributed by atoms with Crippen LogP contribution in [0.15, 0.2) is 35.5 Å². The molecule has 0 saturated heterocycles. The number of carbonyl (C=O) groups excluding carboxylic acids is 1. The summed E-state index contributed by atoms with van der Waals surface area (Å²) in [5.74, 6) is 0.765. The maximum Gasteiger partial charge on any atom is 0.175 e. The van der Waals surface area contributed by atoms with Gasteiger partial charge in [0, 0.05) is 5.41 Å². The minimum Gasteiger partial charge on any atom is -0.296 e. The summed E-state index contributed by atoms with van der Waals surface area (Å²) in [6.45, 7) is 0. The number of nitroso groups, excluding NO2 is 1. The number of Topliss-reactive ketones (excluding diaryl/α,β-unsaturated/α-hetero) is 1. The van der Waals surface area contributed by atoms with E-state index in [2.05, 4.69) is 5.18 Å². The van der Waals surface area contributed by atoms with E-state index in [1.54, 1.807) is 0 Å². The summed E-state index contributed by atoms with van der Waals surface area (Å²) in [6.07, 6.45) is 5.17. The van der Waals surface area contributed by atoms with Crippen LogP contribution in [0.5, 0.6) is 0 Å². The molecular formula is C15H17NO2. The first-order chi connectivity index (χ1) is 8.75. The molecule has 18 heavy (non-hydrogen) atoms. The molecule has 3 nitrogen and oxygen atoms in total. The van der Waals surface area contributed by atoms with Crippen molar-refractivity contribution in [3.8, 4) is 0 Å². The van der Waals surface area contributed by atoms with Gasteiger partial charge in [-0.1, -0.05) is 35.5 Å². The molecule has 1 aromatic rings. The molecule has 94 valence electrons. The second kappa shape index (κ2) is 4.30. The van der Waals surface area contributed by atoms with Crippen molar-refractivity contribution >= 4 is 5.78 Å². The number of benzene rings is 1. The fraction of sp³-hybridized carbons (Fsp3) is 0.533. The summed E-state index contributed by atoms with van der Waals surface area (Å²) >= 11 is 0. The molecule has 2 bridgehead atoms. The number of ketones is 1. The highest BCUT2D eigenvalue weighted by Gasteiger charge is 2.52. The van der Waals surface area contributed by atoms with Crippen LogP contribution in [0.3, 0.4) is 0 Å². The van der Waals surface area contributed by atoms with Gasteiger partial charge in [0.25, 0.3) is 0 Å². The van der Waals surface area contributed by atoms with Crippen LogP contribution in [0.25, 0.3) is 0 Å². The Kier molecular flexibility index (Phi) is 2.77. The summed E-state index contributed by atoms with van der Waals surface area (Å²) in [7, 11) is 0. The van der Waals surface area contributed by atoms with Gasteiger partial charge in [-0.2, -0.15) is 0 Å². The summed E-state index contributed by atoms with van der Waals surface area (Å²) in [5.41, 5.74) is 0.501. The monoisotopic (exact) mass is 243 g/mol. The lowest BCUT2D eigenvalue weighted by Crippen LogP contribution is -2.30. The number of nitrogens with zero attached hydrogens (tertiary/aromatic N) is 1. The number of hydrogen-bond donors (Lipinski definition) is 0. The van der Waals surface area contributed by atoms with Crippen molar-refractivity contribution in [1.29, 1.82) is 0 Å². The van der Waals surface area contributed by atoms with Gasteiger partial charge in [-0.25, -0.2) is 0 Å². The van der Waals surface area contributed by atoms with Crippen LogP contribution < -0.4 is 0 Å². The fourth-order valence-corrected chi connectivity index (χ4v) is 3.72. The first kappa shape index (κ1) is 11.6. The van der Waals surface area contributed by atoms with Crippen LogP contribution in [0.1, 0.15) is 43.7 Å². The van der Waals surface area contributed by atoms with Crippen LogP contribution in [-0.4, -0.2) is 5.78 Å². The van der Waals surface area contributed by atoms with Gasteiger partial charge in [0.15, 0.2) is 11.8 Å². The third-order valence-corrected chi connectivity index (χ3v) is 4.73. The Balaban J connectivity index is 1.89. The zero-order valence-electron chi connectivity index (χ0n) is 10.3.